The van der Waals surface area contributed by atoms with Crippen molar-refractivity contribution in [3.63, 3.8) is 0 Å². The molecule has 1 unspecified atom stereocenters. The summed E-state index contributed by atoms with van der Waals surface area (Å²) < 4.78 is 16.1. The third kappa shape index (κ3) is 2.67. The third-order valence-corrected chi connectivity index (χ3v) is 3.36. The molecule has 0 saturated heterocycles. The lowest BCUT2D eigenvalue weighted by Gasteiger charge is -2.15. The SMILES string of the molecule is COc1cc2ccc(=O)oc2cc1OC(C)CBr. The number of fused-ring (bicyclic) bond motifs is 1. The number of alkyl halides is 1. The van der Waals surface area contributed by atoms with Gasteiger partial charge in [-0.05, 0) is 19.1 Å². The topological polar surface area (TPSA) is 48.7 Å². The second kappa shape index (κ2) is 5.44. The van der Waals surface area contributed by atoms with Crippen LogP contribution >= 0.6 is 15.9 Å². The van der Waals surface area contributed by atoms with Crippen LogP contribution < -0.4 is 15.1 Å². The average Bonchev–Trinajstić information content (AvgIpc) is 2.37. The Morgan fingerprint density at radius 2 is 2.11 bits per heavy atom. The molecule has 1 atom stereocenters. The van der Waals surface area contributed by atoms with Gasteiger partial charge < -0.3 is 13.9 Å². The molecule has 18 heavy (non-hydrogen) atoms. The quantitative estimate of drug-likeness (QED) is 0.643. The molecule has 0 aliphatic rings. The zero-order valence-corrected chi connectivity index (χ0v) is 11.7. The highest BCUT2D eigenvalue weighted by Crippen LogP contribution is 2.32. The minimum Gasteiger partial charge on any atom is -0.493 e. The van der Waals surface area contributed by atoms with E-state index in [0.717, 1.165) is 5.39 Å². The van der Waals surface area contributed by atoms with Crippen LogP contribution in [0.2, 0.25) is 0 Å². The molecule has 0 aliphatic heterocycles. The first-order valence-electron chi connectivity index (χ1n) is 5.48. The maximum atomic E-state index is 11.2. The van der Waals surface area contributed by atoms with Gasteiger partial charge in [0.05, 0.1) is 7.11 Å². The lowest BCUT2D eigenvalue weighted by atomic mass is 10.2. The molecule has 0 radical (unpaired) electrons. The summed E-state index contributed by atoms with van der Waals surface area (Å²) in [5.74, 6) is 1.18. The van der Waals surface area contributed by atoms with Gasteiger partial charge in [-0.2, -0.15) is 0 Å². The lowest BCUT2D eigenvalue weighted by molar-refractivity contribution is 0.235. The van der Waals surface area contributed by atoms with Gasteiger partial charge >= 0.3 is 5.63 Å². The van der Waals surface area contributed by atoms with Crippen molar-refractivity contribution in [1.82, 2.24) is 0 Å². The first-order valence-corrected chi connectivity index (χ1v) is 6.60. The average molecular weight is 313 g/mol. The van der Waals surface area contributed by atoms with Crippen molar-refractivity contribution in [2.45, 2.75) is 13.0 Å². The number of hydrogen-bond donors (Lipinski definition) is 0. The largest absolute Gasteiger partial charge is 0.493 e. The number of ether oxygens (including phenoxy) is 2. The molecule has 0 fully saturated rings. The minimum absolute atomic E-state index is 0.00761. The zero-order chi connectivity index (χ0) is 13.1. The van der Waals surface area contributed by atoms with Crippen molar-refractivity contribution in [3.8, 4) is 11.5 Å². The Labute approximate surface area is 113 Å². The first-order chi connectivity index (χ1) is 8.63. The van der Waals surface area contributed by atoms with Crippen molar-refractivity contribution in [3.05, 3.63) is 34.7 Å². The van der Waals surface area contributed by atoms with Crippen LogP contribution in [-0.2, 0) is 0 Å². The monoisotopic (exact) mass is 312 g/mol. The molecule has 2 aromatic rings. The zero-order valence-electron chi connectivity index (χ0n) is 10.1. The van der Waals surface area contributed by atoms with E-state index in [2.05, 4.69) is 15.9 Å². The minimum atomic E-state index is -0.382. The van der Waals surface area contributed by atoms with Crippen molar-refractivity contribution in [2.24, 2.45) is 0 Å². The van der Waals surface area contributed by atoms with E-state index in [4.69, 9.17) is 13.9 Å². The van der Waals surface area contributed by atoms with Gasteiger partial charge in [0.15, 0.2) is 11.5 Å². The van der Waals surface area contributed by atoms with Crippen LogP contribution in [0.4, 0.5) is 0 Å². The molecule has 0 N–H and O–H groups in total. The second-order valence-electron chi connectivity index (χ2n) is 3.88. The lowest BCUT2D eigenvalue weighted by Crippen LogP contribution is -2.13. The fourth-order valence-corrected chi connectivity index (χ4v) is 1.71. The Kier molecular flexibility index (Phi) is 3.91. The van der Waals surface area contributed by atoms with Gasteiger partial charge in [-0.15, -0.1) is 0 Å². The van der Waals surface area contributed by atoms with Gasteiger partial charge in [0.2, 0.25) is 0 Å². The molecule has 0 amide bonds. The van der Waals surface area contributed by atoms with Crippen LogP contribution in [0.5, 0.6) is 11.5 Å². The van der Waals surface area contributed by atoms with Crippen LogP contribution in [0.25, 0.3) is 11.0 Å². The van der Waals surface area contributed by atoms with Crippen LogP contribution in [0, 0.1) is 0 Å². The van der Waals surface area contributed by atoms with Gasteiger partial charge in [0.25, 0.3) is 0 Å². The number of rotatable bonds is 4. The normalized spacial score (nSPS) is 12.4. The molecule has 96 valence electrons. The van der Waals surface area contributed by atoms with Gasteiger partial charge in [-0.3, -0.25) is 0 Å². The van der Waals surface area contributed by atoms with E-state index in [0.29, 0.717) is 22.4 Å². The van der Waals surface area contributed by atoms with Crippen molar-refractivity contribution >= 4 is 26.9 Å². The molecule has 5 heteroatoms. The van der Waals surface area contributed by atoms with Crippen LogP contribution in [0.3, 0.4) is 0 Å². The molecule has 2 rings (SSSR count). The molecule has 1 aromatic carbocycles. The smallest absolute Gasteiger partial charge is 0.336 e. The standard InChI is InChI=1S/C13H13BrO4/c1-8(7-14)17-12-6-10-9(5-11(12)16-2)3-4-13(15)18-10/h3-6,8H,7H2,1-2H3. The Bertz CT molecular complexity index is 605. The Morgan fingerprint density at radius 3 is 2.78 bits per heavy atom. The maximum absolute atomic E-state index is 11.2. The summed E-state index contributed by atoms with van der Waals surface area (Å²) in [5, 5.41) is 1.50. The molecule has 0 aliphatic carbocycles. The van der Waals surface area contributed by atoms with E-state index in [1.54, 1.807) is 25.3 Å². The third-order valence-electron chi connectivity index (χ3n) is 2.45. The van der Waals surface area contributed by atoms with E-state index in [-0.39, 0.29) is 11.7 Å². The van der Waals surface area contributed by atoms with Gasteiger partial charge in [-0.1, -0.05) is 15.9 Å². The van der Waals surface area contributed by atoms with E-state index >= 15 is 0 Å². The highest BCUT2D eigenvalue weighted by atomic mass is 79.9. The Hall–Kier alpha value is -1.49. The van der Waals surface area contributed by atoms with Crippen LogP contribution in [0.15, 0.2) is 33.5 Å². The molecular weight excluding hydrogens is 300 g/mol. The van der Waals surface area contributed by atoms with E-state index < -0.39 is 0 Å². The number of methoxy groups -OCH3 is 1. The van der Waals surface area contributed by atoms with Crippen molar-refractivity contribution in [1.29, 1.82) is 0 Å². The maximum Gasteiger partial charge on any atom is 0.336 e. The summed E-state index contributed by atoms with van der Waals surface area (Å²) in [6.07, 6.45) is -0.00761. The van der Waals surface area contributed by atoms with Crippen LogP contribution in [0.1, 0.15) is 6.92 Å². The summed E-state index contributed by atoms with van der Waals surface area (Å²) in [4.78, 5) is 11.2. The molecule has 1 heterocycles. The van der Waals surface area contributed by atoms with Gasteiger partial charge in [0.1, 0.15) is 11.7 Å². The summed E-state index contributed by atoms with van der Waals surface area (Å²) in [5.41, 5.74) is 0.104. The first kappa shape index (κ1) is 13.0. The van der Waals surface area contributed by atoms with E-state index in [9.17, 15) is 4.79 Å². The summed E-state index contributed by atoms with van der Waals surface area (Å²) >= 11 is 3.34. The van der Waals surface area contributed by atoms with Crippen molar-refractivity contribution in [2.75, 3.05) is 12.4 Å². The molecule has 1 aromatic heterocycles. The summed E-state index contributed by atoms with van der Waals surface area (Å²) in [6, 6.07) is 6.54. The Morgan fingerprint density at radius 1 is 1.33 bits per heavy atom. The summed E-state index contributed by atoms with van der Waals surface area (Å²) in [6.45, 7) is 1.93. The predicted molar refractivity (Wildman–Crippen MR) is 72.9 cm³/mol. The molecule has 0 saturated carbocycles. The number of hydrogen-bond acceptors (Lipinski definition) is 4. The molecule has 0 spiro atoms. The van der Waals surface area contributed by atoms with Crippen molar-refractivity contribution < 1.29 is 13.9 Å². The van der Waals surface area contributed by atoms with E-state index in [1.165, 1.54) is 6.07 Å². The predicted octanol–water partition coefficient (Wildman–Crippen LogP) is 2.96. The second-order valence-corrected chi connectivity index (χ2v) is 4.53. The fourth-order valence-electron chi connectivity index (χ4n) is 1.58. The number of benzene rings is 1. The fraction of sp³-hybridized carbons (Fsp3) is 0.308. The summed E-state index contributed by atoms with van der Waals surface area (Å²) in [7, 11) is 1.58. The molecule has 0 bridgehead atoms. The molecular formula is C13H13BrO4. The van der Waals surface area contributed by atoms with Gasteiger partial charge in [-0.25, -0.2) is 4.79 Å². The molecule has 4 nitrogen and oxygen atoms in total. The van der Waals surface area contributed by atoms with Gasteiger partial charge in [0, 0.05) is 22.8 Å². The Balaban J connectivity index is 2.52. The van der Waals surface area contributed by atoms with Crippen LogP contribution in [-0.4, -0.2) is 18.5 Å². The van der Waals surface area contributed by atoms with E-state index in [1.807, 2.05) is 6.92 Å². The highest BCUT2D eigenvalue weighted by molar-refractivity contribution is 9.09. The number of halogens is 1. The highest BCUT2D eigenvalue weighted by Gasteiger charge is 2.11.